The Bertz CT molecular complexity index is 1160. The molecular weight excluding hydrogens is 392 g/mol. The van der Waals surface area contributed by atoms with Gasteiger partial charge < -0.3 is 9.47 Å². The number of nitrogens with zero attached hydrogens (tertiary/aromatic N) is 2. The molecule has 0 aliphatic carbocycles. The van der Waals surface area contributed by atoms with E-state index in [1.54, 1.807) is 7.05 Å². The Morgan fingerprint density at radius 3 is 2.35 bits per heavy atom. The standard InChI is InChI=1S/C16H12N4O3S3/c1-19-7-5-3-4-6-8(7)25-15(19)10-13(23)20(2)14(26-10)9-11(21)17-16(24)18-12(9)22/h3-6H,1-2H3,(H2,17,18,21,22,24)/b15-10-. The molecule has 2 aliphatic heterocycles. The van der Waals surface area contributed by atoms with Gasteiger partial charge in [0, 0.05) is 19.0 Å². The second kappa shape index (κ2) is 6.08. The van der Waals surface area contributed by atoms with Crippen LogP contribution in [0.4, 0.5) is 5.69 Å². The molecule has 4 rings (SSSR count). The highest BCUT2D eigenvalue weighted by atomic mass is 32.2. The maximum atomic E-state index is 12.8. The maximum absolute atomic E-state index is 12.8. The van der Waals surface area contributed by atoms with E-state index in [2.05, 4.69) is 10.6 Å². The van der Waals surface area contributed by atoms with E-state index in [1.807, 2.05) is 36.2 Å². The largest absolute Gasteiger partial charge is 0.337 e. The van der Waals surface area contributed by atoms with E-state index in [0.717, 1.165) is 26.9 Å². The van der Waals surface area contributed by atoms with Crippen molar-refractivity contribution in [1.29, 1.82) is 0 Å². The minimum absolute atomic E-state index is 0.0403. The number of anilines is 1. The molecule has 1 aromatic carbocycles. The lowest BCUT2D eigenvalue weighted by molar-refractivity contribution is -0.120. The summed E-state index contributed by atoms with van der Waals surface area (Å²) in [4.78, 5) is 40.2. The smallest absolute Gasteiger partial charge is 0.271 e. The van der Waals surface area contributed by atoms with E-state index < -0.39 is 11.8 Å². The van der Waals surface area contributed by atoms with Gasteiger partial charge in [0.15, 0.2) is 5.11 Å². The van der Waals surface area contributed by atoms with Crippen molar-refractivity contribution in [2.24, 2.45) is 7.05 Å². The number of hydrogen-bond donors (Lipinski definition) is 2. The average Bonchev–Trinajstić information content (AvgIpc) is 3.06. The van der Waals surface area contributed by atoms with Gasteiger partial charge >= 0.3 is 0 Å². The first-order valence-electron chi connectivity index (χ1n) is 7.50. The molecule has 0 radical (unpaired) electrons. The van der Waals surface area contributed by atoms with Gasteiger partial charge in [0.2, 0.25) is 0 Å². The summed E-state index contributed by atoms with van der Waals surface area (Å²) < 4.78 is 2.10. The van der Waals surface area contributed by atoms with Crippen molar-refractivity contribution in [2.45, 2.75) is 4.90 Å². The predicted octanol–water partition coefficient (Wildman–Crippen LogP) is -0.564. The lowest BCUT2D eigenvalue weighted by atomic mass is 10.2. The second-order valence-corrected chi connectivity index (χ2v) is 8.08. The van der Waals surface area contributed by atoms with Gasteiger partial charge in [-0.3, -0.25) is 25.0 Å². The second-order valence-electron chi connectivity index (χ2n) is 5.65. The molecule has 2 N–H and O–H groups in total. The number of nitrogens with one attached hydrogen (secondary N) is 2. The maximum Gasteiger partial charge on any atom is 0.271 e. The average molecular weight is 404 g/mol. The van der Waals surface area contributed by atoms with Crippen molar-refractivity contribution in [1.82, 2.24) is 15.2 Å². The number of fused-ring (bicyclic) bond motifs is 1. The van der Waals surface area contributed by atoms with Gasteiger partial charge in [-0.1, -0.05) is 23.9 Å². The molecule has 10 heteroatoms. The van der Waals surface area contributed by atoms with Crippen LogP contribution in [0.25, 0.3) is 10.6 Å². The fourth-order valence-corrected chi connectivity index (χ4v) is 5.43. The molecule has 2 aromatic rings. The Balaban J connectivity index is 1.99. The van der Waals surface area contributed by atoms with Crippen LogP contribution in [0.5, 0.6) is 0 Å². The summed E-state index contributed by atoms with van der Waals surface area (Å²) in [5.74, 6) is -1.22. The van der Waals surface area contributed by atoms with Crippen LogP contribution in [0.2, 0.25) is 0 Å². The number of amides is 2. The van der Waals surface area contributed by atoms with Gasteiger partial charge in [0.25, 0.3) is 17.4 Å². The molecule has 0 bridgehead atoms. The van der Waals surface area contributed by atoms with Crippen molar-refractivity contribution in [2.75, 3.05) is 11.9 Å². The molecule has 1 aromatic heterocycles. The topological polar surface area (TPSA) is 83.4 Å². The van der Waals surface area contributed by atoms with E-state index in [1.165, 1.54) is 16.3 Å². The minimum Gasteiger partial charge on any atom is -0.337 e. The lowest BCUT2D eigenvalue weighted by Gasteiger charge is -2.15. The molecule has 7 nitrogen and oxygen atoms in total. The predicted molar refractivity (Wildman–Crippen MR) is 105 cm³/mol. The summed E-state index contributed by atoms with van der Waals surface area (Å²) in [7, 11) is 3.43. The van der Waals surface area contributed by atoms with Crippen LogP contribution in [0, 0.1) is 0 Å². The SMILES string of the molecule is CN1/C(=c2/sc(=C3C(=O)NC(=S)NC3=O)n(C)c2=O)Sc2ccccc21. The molecular formula is C16H12N4O3S3. The van der Waals surface area contributed by atoms with E-state index in [4.69, 9.17) is 12.2 Å². The Morgan fingerprint density at radius 2 is 1.69 bits per heavy atom. The number of thioether (sulfide) groups is 1. The van der Waals surface area contributed by atoms with Crippen molar-refractivity contribution in [3.8, 4) is 0 Å². The number of aromatic nitrogens is 1. The number of thiazole rings is 1. The quantitative estimate of drug-likeness (QED) is 0.573. The molecule has 0 spiro atoms. The Labute approximate surface area is 161 Å². The first-order valence-corrected chi connectivity index (χ1v) is 9.54. The summed E-state index contributed by atoms with van der Waals surface area (Å²) in [5, 5.41) is 5.53. The number of rotatable bonds is 0. The third-order valence-electron chi connectivity index (χ3n) is 4.06. The van der Waals surface area contributed by atoms with Gasteiger partial charge in [-0.15, -0.1) is 11.3 Å². The van der Waals surface area contributed by atoms with E-state index in [0.29, 0.717) is 9.20 Å². The first kappa shape index (κ1) is 17.0. The van der Waals surface area contributed by atoms with E-state index in [9.17, 15) is 14.4 Å². The van der Waals surface area contributed by atoms with Crippen LogP contribution in [0.3, 0.4) is 0 Å². The summed E-state index contributed by atoms with van der Waals surface area (Å²) >= 11 is 7.43. The molecule has 0 saturated carbocycles. The molecule has 1 fully saturated rings. The highest BCUT2D eigenvalue weighted by Crippen LogP contribution is 2.44. The van der Waals surface area contributed by atoms with Gasteiger partial charge in [-0.05, 0) is 24.4 Å². The molecule has 3 heterocycles. The summed E-state index contributed by atoms with van der Waals surface area (Å²) in [6.45, 7) is 0. The zero-order valence-electron chi connectivity index (χ0n) is 13.7. The normalized spacial score (nSPS) is 18.8. The molecule has 132 valence electrons. The number of benzene rings is 1. The van der Waals surface area contributed by atoms with Crippen LogP contribution in [-0.2, 0) is 16.6 Å². The third-order valence-corrected chi connectivity index (χ3v) is 6.87. The molecule has 2 aliphatic rings. The fourth-order valence-electron chi connectivity index (χ4n) is 2.77. The van der Waals surface area contributed by atoms with E-state index >= 15 is 0 Å². The minimum atomic E-state index is -0.608. The van der Waals surface area contributed by atoms with Crippen LogP contribution < -0.4 is 30.3 Å². The molecule has 0 atom stereocenters. The van der Waals surface area contributed by atoms with Gasteiger partial charge in [0.1, 0.15) is 19.8 Å². The van der Waals surface area contributed by atoms with Crippen LogP contribution in [0.15, 0.2) is 34.0 Å². The lowest BCUT2D eigenvalue weighted by Crippen LogP contribution is -2.52. The number of carbonyl (C=O) groups is 2. The van der Waals surface area contributed by atoms with Crippen molar-refractivity contribution < 1.29 is 9.59 Å². The Morgan fingerprint density at radius 1 is 1.04 bits per heavy atom. The van der Waals surface area contributed by atoms with Crippen molar-refractivity contribution in [3.05, 3.63) is 43.8 Å². The zero-order chi connectivity index (χ0) is 18.6. The van der Waals surface area contributed by atoms with E-state index in [-0.39, 0.29) is 16.2 Å². The van der Waals surface area contributed by atoms with Gasteiger partial charge in [-0.2, -0.15) is 0 Å². The Hall–Kier alpha value is -2.43. The molecule has 1 saturated heterocycles. The van der Waals surface area contributed by atoms with Crippen LogP contribution >= 0.6 is 35.3 Å². The molecule has 2 amide bonds. The Kier molecular flexibility index (Phi) is 3.98. The highest BCUT2D eigenvalue weighted by molar-refractivity contribution is 8.08. The number of thiocarbonyl (C=S) groups is 1. The highest BCUT2D eigenvalue weighted by Gasteiger charge is 2.29. The number of hydrogen-bond acceptors (Lipinski definition) is 7. The monoisotopic (exact) mass is 404 g/mol. The summed E-state index contributed by atoms with van der Waals surface area (Å²) in [6.07, 6.45) is 0. The summed E-state index contributed by atoms with van der Waals surface area (Å²) in [6, 6.07) is 7.84. The van der Waals surface area contributed by atoms with Crippen LogP contribution in [-0.4, -0.2) is 28.5 Å². The molecule has 26 heavy (non-hydrogen) atoms. The van der Waals surface area contributed by atoms with Gasteiger partial charge in [0.05, 0.1) is 5.69 Å². The van der Waals surface area contributed by atoms with Crippen molar-refractivity contribution >= 4 is 68.5 Å². The number of para-hydroxylation sites is 1. The van der Waals surface area contributed by atoms with Crippen LogP contribution in [0.1, 0.15) is 0 Å². The number of carbonyl (C=O) groups excluding carboxylic acids is 2. The van der Waals surface area contributed by atoms with Gasteiger partial charge in [-0.25, -0.2) is 0 Å². The third kappa shape index (κ3) is 2.49. The summed E-state index contributed by atoms with van der Waals surface area (Å²) in [5.41, 5.74) is 0.641. The fraction of sp³-hybridized carbons (Fsp3) is 0.125. The zero-order valence-corrected chi connectivity index (χ0v) is 16.1. The molecule has 0 unspecified atom stereocenters. The van der Waals surface area contributed by atoms with Crippen molar-refractivity contribution in [3.63, 3.8) is 0 Å². The first-order chi connectivity index (χ1) is 12.4.